The van der Waals surface area contributed by atoms with Gasteiger partial charge in [-0.05, 0) is 38.9 Å². The Morgan fingerprint density at radius 3 is 2.76 bits per heavy atom. The quantitative estimate of drug-likeness (QED) is 0.844. The summed E-state index contributed by atoms with van der Waals surface area (Å²) in [4.78, 5) is 6.76. The Balaban J connectivity index is 1.62. The van der Waals surface area contributed by atoms with Crippen molar-refractivity contribution in [2.75, 3.05) is 33.2 Å². The van der Waals surface area contributed by atoms with E-state index in [1.54, 1.807) is 0 Å². The van der Waals surface area contributed by atoms with Gasteiger partial charge in [0.2, 0.25) is 0 Å². The average molecular weight is 234 g/mol. The third-order valence-corrected chi connectivity index (χ3v) is 4.24. The summed E-state index contributed by atoms with van der Waals surface area (Å²) in [6.07, 6.45) is 6.74. The fraction of sp³-hybridized carbons (Fsp3) is 0.769. The smallest absolute Gasteiger partial charge is 0.0948 e. The van der Waals surface area contributed by atoms with Crippen LogP contribution in [0.3, 0.4) is 0 Å². The molecular formula is C13H22N4. The summed E-state index contributed by atoms with van der Waals surface area (Å²) in [6.45, 7) is 5.91. The Morgan fingerprint density at radius 2 is 2.12 bits per heavy atom. The standard InChI is InChI=1S/C13H22N4/c1-16-4-2-11(3-5-16)9-17-10-15-8-13(17)12-6-14-7-12/h8,10-12,14H,2-7,9H2,1H3. The molecule has 1 aromatic rings. The van der Waals surface area contributed by atoms with Crippen LogP contribution in [-0.2, 0) is 6.54 Å². The molecule has 1 aromatic heterocycles. The summed E-state index contributed by atoms with van der Waals surface area (Å²) in [7, 11) is 2.22. The first-order chi connectivity index (χ1) is 8.33. The third kappa shape index (κ3) is 2.38. The van der Waals surface area contributed by atoms with Crippen LogP contribution >= 0.6 is 0 Å². The molecule has 2 aliphatic heterocycles. The summed E-state index contributed by atoms with van der Waals surface area (Å²) in [5.74, 6) is 1.54. The van der Waals surface area contributed by atoms with Gasteiger partial charge in [0.1, 0.15) is 0 Å². The van der Waals surface area contributed by atoms with Gasteiger partial charge < -0.3 is 14.8 Å². The van der Waals surface area contributed by atoms with Gasteiger partial charge in [0.15, 0.2) is 0 Å². The average Bonchev–Trinajstić information content (AvgIpc) is 2.68. The van der Waals surface area contributed by atoms with Crippen LogP contribution in [0, 0.1) is 5.92 Å². The topological polar surface area (TPSA) is 33.1 Å². The molecule has 0 saturated carbocycles. The summed E-state index contributed by atoms with van der Waals surface area (Å²) < 4.78 is 2.39. The second-order valence-electron chi connectivity index (χ2n) is 5.57. The van der Waals surface area contributed by atoms with Crippen molar-refractivity contribution in [3.63, 3.8) is 0 Å². The zero-order chi connectivity index (χ0) is 11.7. The minimum Gasteiger partial charge on any atom is -0.334 e. The number of nitrogens with zero attached hydrogens (tertiary/aromatic N) is 3. The lowest BCUT2D eigenvalue weighted by molar-refractivity contribution is 0.203. The number of imidazole rings is 1. The third-order valence-electron chi connectivity index (χ3n) is 4.24. The fourth-order valence-corrected chi connectivity index (χ4v) is 2.84. The fourth-order valence-electron chi connectivity index (χ4n) is 2.84. The number of hydrogen-bond acceptors (Lipinski definition) is 3. The van der Waals surface area contributed by atoms with E-state index < -0.39 is 0 Å². The highest BCUT2D eigenvalue weighted by molar-refractivity contribution is 5.11. The Kier molecular flexibility index (Phi) is 3.16. The molecule has 2 saturated heterocycles. The molecule has 0 bridgehead atoms. The lowest BCUT2D eigenvalue weighted by Gasteiger charge is -2.31. The lowest BCUT2D eigenvalue weighted by Crippen LogP contribution is -2.41. The highest BCUT2D eigenvalue weighted by Crippen LogP contribution is 2.23. The van der Waals surface area contributed by atoms with E-state index in [0.29, 0.717) is 5.92 Å². The molecule has 0 spiro atoms. The SMILES string of the molecule is CN1CCC(Cn2cncc2C2CNC2)CC1. The molecule has 4 nitrogen and oxygen atoms in total. The molecule has 0 amide bonds. The molecule has 0 aliphatic carbocycles. The van der Waals surface area contributed by atoms with Gasteiger partial charge in [-0.2, -0.15) is 0 Å². The molecular weight excluding hydrogens is 212 g/mol. The minimum atomic E-state index is 0.698. The number of aromatic nitrogens is 2. The van der Waals surface area contributed by atoms with Crippen molar-refractivity contribution in [3.8, 4) is 0 Å². The molecule has 2 aliphatic rings. The molecule has 0 aromatic carbocycles. The van der Waals surface area contributed by atoms with Crippen LogP contribution in [0.25, 0.3) is 0 Å². The summed E-state index contributed by atoms with van der Waals surface area (Å²) in [5.41, 5.74) is 1.43. The Hall–Kier alpha value is -0.870. The Morgan fingerprint density at radius 1 is 1.35 bits per heavy atom. The van der Waals surface area contributed by atoms with Gasteiger partial charge in [-0.25, -0.2) is 4.98 Å². The number of hydrogen-bond donors (Lipinski definition) is 1. The molecule has 3 heterocycles. The molecule has 1 N–H and O–H groups in total. The van der Waals surface area contributed by atoms with Crippen molar-refractivity contribution in [1.82, 2.24) is 19.8 Å². The van der Waals surface area contributed by atoms with Gasteiger partial charge in [-0.1, -0.05) is 0 Å². The molecule has 0 unspecified atom stereocenters. The minimum absolute atomic E-state index is 0.698. The first-order valence-electron chi connectivity index (χ1n) is 6.72. The molecule has 2 fully saturated rings. The molecule has 94 valence electrons. The predicted octanol–water partition coefficient (Wildman–Crippen LogP) is 0.912. The van der Waals surface area contributed by atoms with Crippen molar-refractivity contribution >= 4 is 0 Å². The largest absolute Gasteiger partial charge is 0.334 e. The van der Waals surface area contributed by atoms with E-state index in [-0.39, 0.29) is 0 Å². The Bertz CT molecular complexity index is 361. The van der Waals surface area contributed by atoms with Crippen molar-refractivity contribution < 1.29 is 0 Å². The second kappa shape index (κ2) is 4.78. The van der Waals surface area contributed by atoms with Crippen LogP contribution in [0.15, 0.2) is 12.5 Å². The van der Waals surface area contributed by atoms with E-state index in [1.807, 2.05) is 6.33 Å². The zero-order valence-corrected chi connectivity index (χ0v) is 10.6. The number of piperidine rings is 1. The van der Waals surface area contributed by atoms with Gasteiger partial charge in [-0.3, -0.25) is 0 Å². The van der Waals surface area contributed by atoms with Crippen LogP contribution in [0.2, 0.25) is 0 Å². The van der Waals surface area contributed by atoms with Gasteiger partial charge in [0.25, 0.3) is 0 Å². The van der Waals surface area contributed by atoms with E-state index in [2.05, 4.69) is 33.0 Å². The Labute approximate surface area is 103 Å². The molecule has 3 rings (SSSR count). The summed E-state index contributed by atoms with van der Waals surface area (Å²) >= 11 is 0. The number of rotatable bonds is 3. The molecule has 4 heteroatoms. The van der Waals surface area contributed by atoms with Gasteiger partial charge in [-0.15, -0.1) is 0 Å². The first-order valence-corrected chi connectivity index (χ1v) is 6.72. The highest BCUT2D eigenvalue weighted by atomic mass is 15.1. The second-order valence-corrected chi connectivity index (χ2v) is 5.57. The van der Waals surface area contributed by atoms with Crippen LogP contribution in [-0.4, -0.2) is 47.7 Å². The van der Waals surface area contributed by atoms with Crippen LogP contribution in [0.5, 0.6) is 0 Å². The maximum absolute atomic E-state index is 4.33. The first kappa shape index (κ1) is 11.2. The van der Waals surface area contributed by atoms with E-state index in [0.717, 1.165) is 19.0 Å². The van der Waals surface area contributed by atoms with Crippen molar-refractivity contribution in [2.24, 2.45) is 5.92 Å². The van der Waals surface area contributed by atoms with Crippen LogP contribution in [0.1, 0.15) is 24.5 Å². The van der Waals surface area contributed by atoms with Gasteiger partial charge in [0, 0.05) is 37.4 Å². The highest BCUT2D eigenvalue weighted by Gasteiger charge is 2.24. The van der Waals surface area contributed by atoms with Crippen LogP contribution < -0.4 is 5.32 Å². The monoisotopic (exact) mass is 234 g/mol. The van der Waals surface area contributed by atoms with E-state index >= 15 is 0 Å². The summed E-state index contributed by atoms with van der Waals surface area (Å²) in [5, 5.41) is 3.34. The number of nitrogens with one attached hydrogen (secondary N) is 1. The van der Waals surface area contributed by atoms with Crippen molar-refractivity contribution in [3.05, 3.63) is 18.2 Å². The lowest BCUT2D eigenvalue weighted by atomic mass is 9.95. The van der Waals surface area contributed by atoms with Crippen LogP contribution in [0.4, 0.5) is 0 Å². The molecule has 0 atom stereocenters. The normalized spacial score (nSPS) is 23.8. The molecule has 0 radical (unpaired) electrons. The van der Waals surface area contributed by atoms with E-state index in [4.69, 9.17) is 0 Å². The molecule has 17 heavy (non-hydrogen) atoms. The van der Waals surface area contributed by atoms with E-state index in [1.165, 1.54) is 38.2 Å². The van der Waals surface area contributed by atoms with E-state index in [9.17, 15) is 0 Å². The maximum Gasteiger partial charge on any atom is 0.0948 e. The van der Waals surface area contributed by atoms with Gasteiger partial charge in [0.05, 0.1) is 6.33 Å². The summed E-state index contributed by atoms with van der Waals surface area (Å²) in [6, 6.07) is 0. The van der Waals surface area contributed by atoms with Crippen molar-refractivity contribution in [2.45, 2.75) is 25.3 Å². The predicted molar refractivity (Wildman–Crippen MR) is 68.1 cm³/mol. The number of likely N-dealkylation sites (tertiary alicyclic amines) is 1. The maximum atomic E-state index is 4.33. The van der Waals surface area contributed by atoms with Gasteiger partial charge >= 0.3 is 0 Å². The zero-order valence-electron chi connectivity index (χ0n) is 10.6. The van der Waals surface area contributed by atoms with Crippen molar-refractivity contribution in [1.29, 1.82) is 0 Å².